The highest BCUT2D eigenvalue weighted by atomic mass is 35.5. The van der Waals surface area contributed by atoms with Crippen LogP contribution in [0.1, 0.15) is 24.5 Å². The number of carbonyl (C=O) groups is 2. The summed E-state index contributed by atoms with van der Waals surface area (Å²) in [6, 6.07) is 16.7. The minimum atomic E-state index is -0.700. The molecule has 2 aromatic heterocycles. The van der Waals surface area contributed by atoms with Gasteiger partial charge in [-0.3, -0.25) is 14.6 Å². The largest absolute Gasteiger partial charge is 0.350 e. The van der Waals surface area contributed by atoms with E-state index >= 15 is 0 Å². The van der Waals surface area contributed by atoms with Gasteiger partial charge in [-0.15, -0.1) is 5.10 Å². The number of aromatic nitrogens is 5. The Kier molecular flexibility index (Phi) is 8.24. The molecule has 39 heavy (non-hydrogen) atoms. The highest BCUT2D eigenvalue weighted by molar-refractivity contribution is 6.30. The number of hydrogen-bond acceptors (Lipinski definition) is 7. The molecule has 2 aromatic carbocycles. The molecule has 3 atom stereocenters. The van der Waals surface area contributed by atoms with Crippen LogP contribution in [0.4, 0.5) is 0 Å². The fourth-order valence-corrected chi connectivity index (χ4v) is 4.96. The fraction of sp³-hybridized carbons (Fsp3) is 0.286. The van der Waals surface area contributed by atoms with Crippen molar-refractivity contribution in [2.45, 2.75) is 38.4 Å². The average Bonchev–Trinajstić information content (AvgIpc) is 3.66. The second kappa shape index (κ2) is 12.1. The summed E-state index contributed by atoms with van der Waals surface area (Å²) in [7, 11) is 0. The number of hydrogen-bond donors (Lipinski definition) is 3. The lowest BCUT2D eigenvalue weighted by molar-refractivity contribution is -0.129. The Balaban J connectivity index is 1.10. The molecule has 0 radical (unpaired) electrons. The molecule has 0 aliphatic carbocycles. The zero-order valence-corrected chi connectivity index (χ0v) is 22.2. The SMILES string of the molecule is C[C@H](NC(=O)[C@H]1C[C@H](Cc2ccc(-c3cccnc3)cc2)CN1)C(=O)NCc1cc(Cl)ccc1-n1cnnn1. The molecule has 0 spiro atoms. The predicted molar refractivity (Wildman–Crippen MR) is 147 cm³/mol. The molecule has 200 valence electrons. The summed E-state index contributed by atoms with van der Waals surface area (Å²) in [4.78, 5) is 29.8. The van der Waals surface area contributed by atoms with Crippen molar-refractivity contribution in [2.24, 2.45) is 5.92 Å². The van der Waals surface area contributed by atoms with Crippen LogP contribution >= 0.6 is 11.6 Å². The van der Waals surface area contributed by atoms with Gasteiger partial charge in [-0.25, -0.2) is 4.68 Å². The van der Waals surface area contributed by atoms with E-state index in [9.17, 15) is 9.59 Å². The van der Waals surface area contributed by atoms with E-state index in [1.807, 2.05) is 18.3 Å². The molecule has 3 N–H and O–H groups in total. The Morgan fingerprint density at radius 3 is 2.74 bits per heavy atom. The van der Waals surface area contributed by atoms with Crippen molar-refractivity contribution >= 4 is 23.4 Å². The third-order valence-corrected chi connectivity index (χ3v) is 7.09. The standard InChI is InChI=1S/C28H29ClN8O2/c1-18(27(38)32-16-23-13-24(29)8-9-26(23)37-17-33-35-36-37)34-28(39)25-12-20(14-31-25)11-19-4-6-21(7-5-19)22-3-2-10-30-15-22/h2-10,13,15,17-18,20,25,31H,11-12,14,16H2,1H3,(H,32,38)(H,34,39)/t18-,20-,25+/m0/s1. The maximum Gasteiger partial charge on any atom is 0.242 e. The lowest BCUT2D eigenvalue weighted by Gasteiger charge is -2.18. The van der Waals surface area contributed by atoms with Crippen molar-refractivity contribution in [1.82, 2.24) is 41.1 Å². The number of carbonyl (C=O) groups excluding carboxylic acids is 2. The van der Waals surface area contributed by atoms with E-state index in [4.69, 9.17) is 11.6 Å². The number of rotatable bonds is 9. The highest BCUT2D eigenvalue weighted by Crippen LogP contribution is 2.23. The van der Waals surface area contributed by atoms with Crippen LogP contribution < -0.4 is 16.0 Å². The molecule has 3 heterocycles. The summed E-state index contributed by atoms with van der Waals surface area (Å²) in [5, 5.41) is 20.8. The average molecular weight is 545 g/mol. The molecule has 1 fully saturated rings. The molecule has 2 amide bonds. The van der Waals surface area contributed by atoms with Crippen LogP contribution in [0.3, 0.4) is 0 Å². The van der Waals surface area contributed by atoms with Crippen LogP contribution in [-0.4, -0.2) is 55.6 Å². The van der Waals surface area contributed by atoms with Crippen molar-refractivity contribution in [3.8, 4) is 16.8 Å². The normalized spacial score (nSPS) is 17.5. The zero-order valence-electron chi connectivity index (χ0n) is 21.4. The first-order valence-corrected chi connectivity index (χ1v) is 13.2. The third-order valence-electron chi connectivity index (χ3n) is 6.85. The Bertz CT molecular complexity index is 1410. The predicted octanol–water partition coefficient (Wildman–Crippen LogP) is 2.72. The van der Waals surface area contributed by atoms with Crippen molar-refractivity contribution < 1.29 is 9.59 Å². The second-order valence-electron chi connectivity index (χ2n) is 9.68. The highest BCUT2D eigenvalue weighted by Gasteiger charge is 2.31. The monoisotopic (exact) mass is 544 g/mol. The van der Waals surface area contributed by atoms with Gasteiger partial charge in [0.05, 0.1) is 11.7 Å². The number of nitrogens with zero attached hydrogens (tertiary/aromatic N) is 5. The molecule has 0 saturated carbocycles. The van der Waals surface area contributed by atoms with E-state index in [0.717, 1.165) is 29.7 Å². The number of amides is 2. The summed E-state index contributed by atoms with van der Waals surface area (Å²) in [5.74, 6) is -0.139. The molecule has 1 aliphatic heterocycles. The minimum Gasteiger partial charge on any atom is -0.350 e. The van der Waals surface area contributed by atoms with E-state index in [-0.39, 0.29) is 24.4 Å². The Labute approximate surface area is 231 Å². The van der Waals surface area contributed by atoms with Gasteiger partial charge in [0.2, 0.25) is 11.8 Å². The van der Waals surface area contributed by atoms with Crippen molar-refractivity contribution in [3.63, 3.8) is 0 Å². The van der Waals surface area contributed by atoms with Gasteiger partial charge in [0.15, 0.2) is 0 Å². The van der Waals surface area contributed by atoms with Gasteiger partial charge in [0.25, 0.3) is 0 Å². The molecule has 10 nitrogen and oxygen atoms in total. The maximum absolute atomic E-state index is 12.9. The van der Waals surface area contributed by atoms with Gasteiger partial charge in [0, 0.05) is 24.0 Å². The van der Waals surface area contributed by atoms with E-state index in [1.54, 1.807) is 31.3 Å². The van der Waals surface area contributed by atoms with Crippen LogP contribution in [0.2, 0.25) is 5.02 Å². The first-order chi connectivity index (χ1) is 19.0. The third kappa shape index (κ3) is 6.65. The lowest BCUT2D eigenvalue weighted by Crippen LogP contribution is -2.50. The molecule has 5 rings (SSSR count). The summed E-state index contributed by atoms with van der Waals surface area (Å²) in [6.45, 7) is 2.62. The molecular formula is C28H29ClN8O2. The quantitative estimate of drug-likeness (QED) is 0.296. The molecule has 1 aliphatic rings. The lowest BCUT2D eigenvalue weighted by atomic mass is 9.95. The number of tetrazole rings is 1. The van der Waals surface area contributed by atoms with Crippen molar-refractivity contribution in [1.29, 1.82) is 0 Å². The maximum atomic E-state index is 12.9. The van der Waals surface area contributed by atoms with Gasteiger partial charge in [-0.1, -0.05) is 41.9 Å². The fourth-order valence-electron chi connectivity index (χ4n) is 4.77. The van der Waals surface area contributed by atoms with Crippen molar-refractivity contribution in [3.05, 3.63) is 89.5 Å². The van der Waals surface area contributed by atoms with Gasteiger partial charge in [-0.05, 0) is 89.2 Å². The molecule has 4 aromatic rings. The van der Waals surface area contributed by atoms with Gasteiger partial charge in [-0.2, -0.15) is 0 Å². The van der Waals surface area contributed by atoms with E-state index in [0.29, 0.717) is 23.0 Å². The Morgan fingerprint density at radius 1 is 1.15 bits per heavy atom. The Morgan fingerprint density at radius 2 is 2.00 bits per heavy atom. The van der Waals surface area contributed by atoms with E-state index in [2.05, 4.69) is 60.7 Å². The molecule has 0 bridgehead atoms. The first kappa shape index (κ1) is 26.5. The van der Waals surface area contributed by atoms with Gasteiger partial charge in [0.1, 0.15) is 12.4 Å². The summed E-state index contributed by atoms with van der Waals surface area (Å²) < 4.78 is 1.50. The van der Waals surface area contributed by atoms with E-state index < -0.39 is 6.04 Å². The number of halogens is 1. The Hall–Kier alpha value is -4.15. The summed E-state index contributed by atoms with van der Waals surface area (Å²) in [6.07, 6.45) is 6.68. The van der Waals surface area contributed by atoms with E-state index in [1.165, 1.54) is 16.6 Å². The van der Waals surface area contributed by atoms with Crippen LogP contribution in [0.25, 0.3) is 16.8 Å². The van der Waals surface area contributed by atoms with Crippen LogP contribution in [0, 0.1) is 5.92 Å². The second-order valence-corrected chi connectivity index (χ2v) is 10.1. The molecule has 1 saturated heterocycles. The van der Waals surface area contributed by atoms with Crippen molar-refractivity contribution in [2.75, 3.05) is 6.54 Å². The number of benzene rings is 2. The van der Waals surface area contributed by atoms with Crippen LogP contribution in [-0.2, 0) is 22.6 Å². The van der Waals surface area contributed by atoms with Crippen LogP contribution in [0.15, 0.2) is 73.3 Å². The van der Waals surface area contributed by atoms with Gasteiger partial charge >= 0.3 is 0 Å². The summed E-state index contributed by atoms with van der Waals surface area (Å²) >= 11 is 6.15. The zero-order chi connectivity index (χ0) is 27.2. The number of pyridine rings is 1. The number of nitrogens with one attached hydrogen (secondary N) is 3. The van der Waals surface area contributed by atoms with Gasteiger partial charge < -0.3 is 16.0 Å². The summed E-state index contributed by atoms with van der Waals surface area (Å²) in [5.41, 5.74) is 4.89. The molecule has 0 unspecified atom stereocenters. The molecule has 11 heteroatoms. The molecular weight excluding hydrogens is 516 g/mol. The smallest absolute Gasteiger partial charge is 0.242 e. The minimum absolute atomic E-state index is 0.177. The topological polar surface area (TPSA) is 127 Å². The van der Waals surface area contributed by atoms with Crippen LogP contribution in [0.5, 0.6) is 0 Å². The first-order valence-electron chi connectivity index (χ1n) is 12.8.